The Hall–Kier alpha value is -3.07. The molecule has 1 N–H and O–H groups in total. The summed E-state index contributed by atoms with van der Waals surface area (Å²) in [7, 11) is 0. The van der Waals surface area contributed by atoms with Crippen LogP contribution in [0.4, 0.5) is 29.5 Å². The van der Waals surface area contributed by atoms with Crippen LogP contribution in [0.5, 0.6) is 0 Å². The van der Waals surface area contributed by atoms with Crippen molar-refractivity contribution >= 4 is 29.2 Å². The Morgan fingerprint density at radius 2 is 1.93 bits per heavy atom. The molecule has 0 saturated carbocycles. The van der Waals surface area contributed by atoms with Gasteiger partial charge in [-0.15, -0.1) is 0 Å². The van der Waals surface area contributed by atoms with Crippen LogP contribution in [0.15, 0.2) is 59.1 Å². The molecule has 0 atom stereocenters. The lowest BCUT2D eigenvalue weighted by Crippen LogP contribution is -2.36. The molecule has 6 nitrogen and oxygen atoms in total. The normalized spacial score (nSPS) is 11.3. The van der Waals surface area contributed by atoms with Crippen molar-refractivity contribution in [1.82, 2.24) is 5.27 Å². The largest absolute Gasteiger partial charge is 0.424 e. The number of alkyl halides is 3. The van der Waals surface area contributed by atoms with E-state index in [9.17, 15) is 18.0 Å². The fourth-order valence-electron chi connectivity index (χ4n) is 2.21. The maximum absolute atomic E-state index is 12.7. The number of rotatable bonds is 4. The summed E-state index contributed by atoms with van der Waals surface area (Å²) in [6.45, 7) is 0.300. The summed E-state index contributed by atoms with van der Waals surface area (Å²) in [5.41, 5.74) is -0.0530. The van der Waals surface area contributed by atoms with E-state index in [0.717, 1.165) is 17.7 Å². The van der Waals surface area contributed by atoms with E-state index >= 15 is 0 Å². The highest BCUT2D eigenvalue weighted by Gasteiger charge is 2.30. The van der Waals surface area contributed by atoms with E-state index < -0.39 is 17.8 Å². The molecule has 27 heavy (non-hydrogen) atoms. The second kappa shape index (κ2) is 7.67. The van der Waals surface area contributed by atoms with Crippen molar-refractivity contribution < 1.29 is 27.2 Å². The molecular weight excluding hydrogens is 385 g/mol. The van der Waals surface area contributed by atoms with E-state index in [4.69, 9.17) is 16.1 Å². The Kier molecular flexibility index (Phi) is 5.31. The van der Waals surface area contributed by atoms with E-state index in [0.29, 0.717) is 6.54 Å². The number of nitrogens with zero attached hydrogens (tertiary/aromatic N) is 3. The molecule has 3 rings (SSSR count). The highest BCUT2D eigenvalue weighted by Crippen LogP contribution is 2.31. The minimum absolute atomic E-state index is 0.0157. The predicted molar refractivity (Wildman–Crippen MR) is 90.7 cm³/mol. The van der Waals surface area contributed by atoms with Gasteiger partial charge in [0.05, 0.1) is 5.56 Å². The first-order chi connectivity index (χ1) is 12.8. The van der Waals surface area contributed by atoms with E-state index in [-0.39, 0.29) is 16.7 Å². The van der Waals surface area contributed by atoms with Gasteiger partial charge in [0.25, 0.3) is 0 Å². The van der Waals surface area contributed by atoms with Crippen molar-refractivity contribution in [1.29, 1.82) is 0 Å². The third-order valence-electron chi connectivity index (χ3n) is 3.45. The Bertz CT molecular complexity index is 945. The zero-order chi connectivity index (χ0) is 19.4. The molecule has 10 heteroatoms. The lowest BCUT2D eigenvalue weighted by Gasteiger charge is -2.15. The van der Waals surface area contributed by atoms with Crippen LogP contribution in [-0.2, 0) is 12.7 Å². The summed E-state index contributed by atoms with van der Waals surface area (Å²) in [6.07, 6.45) is -4.52. The average molecular weight is 397 g/mol. The third-order valence-corrected chi connectivity index (χ3v) is 3.81. The van der Waals surface area contributed by atoms with Crippen LogP contribution in [0, 0.1) is 0 Å². The fourth-order valence-corrected chi connectivity index (χ4v) is 2.38. The molecule has 1 aromatic heterocycles. The number of nitrogens with one attached hydrogen (secondary N) is 1. The van der Waals surface area contributed by atoms with Crippen LogP contribution < -0.4 is 10.00 Å². The molecule has 0 aliphatic heterocycles. The highest BCUT2D eigenvalue weighted by atomic mass is 35.5. The van der Waals surface area contributed by atoms with Gasteiger partial charge in [-0.05, 0) is 28.0 Å². The summed E-state index contributed by atoms with van der Waals surface area (Å²) in [5, 5.41) is 9.51. The van der Waals surface area contributed by atoms with E-state index in [2.05, 4.69) is 15.9 Å². The zero-order valence-corrected chi connectivity index (χ0v) is 14.3. The number of urea groups is 1. The molecule has 0 bridgehead atoms. The number of hydrogen-bond donors (Lipinski definition) is 1. The summed E-state index contributed by atoms with van der Waals surface area (Å²) < 4.78 is 44.3. The standard InChI is InChI=1S/C17H12ClF3N4O2/c18-14-15(27-24-25(14)10-11-5-2-1-3-6-11)23-16(26)22-13-8-4-7-12(9-13)17(19,20)21/h1-9H,10H2,(H-,22,23,24,26). The molecular formula is C17H12ClF3N4O2. The highest BCUT2D eigenvalue weighted by molar-refractivity contribution is 6.31. The van der Waals surface area contributed by atoms with Crippen molar-refractivity contribution in [2.45, 2.75) is 12.7 Å². The molecule has 0 radical (unpaired) electrons. The van der Waals surface area contributed by atoms with Gasteiger partial charge in [-0.25, -0.2) is 0 Å². The number of aromatic nitrogens is 2. The summed E-state index contributed by atoms with van der Waals surface area (Å²) >= 11 is 6.09. The van der Waals surface area contributed by atoms with Gasteiger partial charge in [-0.2, -0.15) is 13.2 Å². The van der Waals surface area contributed by atoms with Crippen molar-refractivity contribution in [3.8, 4) is 0 Å². The predicted octanol–water partition coefficient (Wildman–Crippen LogP) is 4.92. The first-order valence-corrected chi connectivity index (χ1v) is 8.00. The van der Waals surface area contributed by atoms with Gasteiger partial charge >= 0.3 is 11.3 Å². The van der Waals surface area contributed by atoms with Crippen LogP contribution >= 0.6 is 11.6 Å². The van der Waals surface area contributed by atoms with Gasteiger partial charge in [0.1, 0.15) is 0 Å². The average Bonchev–Trinajstić information content (AvgIpc) is 2.95. The van der Waals surface area contributed by atoms with Gasteiger partial charge in [0.2, 0.25) is 12.4 Å². The van der Waals surface area contributed by atoms with Crippen LogP contribution in [0.2, 0.25) is 5.15 Å². The van der Waals surface area contributed by atoms with Gasteiger partial charge in [0.15, 0.2) is 11.3 Å². The Balaban J connectivity index is 1.67. The van der Waals surface area contributed by atoms with Crippen molar-refractivity contribution in [2.75, 3.05) is 5.32 Å². The van der Waals surface area contributed by atoms with Crippen molar-refractivity contribution in [3.63, 3.8) is 0 Å². The Morgan fingerprint density at radius 1 is 1.19 bits per heavy atom. The first kappa shape index (κ1) is 18.7. The number of carbonyl (C=O) groups is 1. The molecule has 0 spiro atoms. The quantitative estimate of drug-likeness (QED) is 0.636. The number of halogens is 4. The minimum atomic E-state index is -4.52. The zero-order valence-electron chi connectivity index (χ0n) is 13.6. The molecule has 140 valence electrons. The van der Waals surface area contributed by atoms with Gasteiger partial charge < -0.3 is 15.2 Å². The molecule has 0 aliphatic carbocycles. The monoisotopic (exact) mass is 396 g/mol. The summed E-state index contributed by atoms with van der Waals surface area (Å²) in [6, 6.07) is 12.5. The molecule has 0 fully saturated rings. The van der Waals surface area contributed by atoms with Crippen molar-refractivity contribution in [3.05, 3.63) is 76.2 Å². The topological polar surface area (TPSA) is 73.1 Å². The number of amides is 2. The smallest absolute Gasteiger partial charge is 0.416 e. The molecule has 2 aromatic carbocycles. The summed E-state index contributed by atoms with van der Waals surface area (Å²) in [5.74, 6) is -0.253. The van der Waals surface area contributed by atoms with Crippen LogP contribution in [0.3, 0.4) is 0 Å². The summed E-state index contributed by atoms with van der Waals surface area (Å²) in [4.78, 5) is 11.9. The lowest BCUT2D eigenvalue weighted by molar-refractivity contribution is -0.752. The Labute approximate surface area is 156 Å². The first-order valence-electron chi connectivity index (χ1n) is 7.62. The molecule has 0 aliphatic rings. The van der Waals surface area contributed by atoms with Gasteiger partial charge in [-0.3, -0.25) is 4.79 Å². The fraction of sp³-hybridized carbons (Fsp3) is 0.118. The van der Waals surface area contributed by atoms with Crippen LogP contribution in [0.1, 0.15) is 11.1 Å². The molecule has 2 amide bonds. The second-order valence-electron chi connectivity index (χ2n) is 5.43. The molecule has 0 unspecified atom stereocenters. The maximum Gasteiger partial charge on any atom is 0.416 e. The Morgan fingerprint density at radius 3 is 2.63 bits per heavy atom. The van der Waals surface area contributed by atoms with Crippen molar-refractivity contribution in [2.24, 2.45) is 0 Å². The van der Waals surface area contributed by atoms with Gasteiger partial charge in [-0.1, -0.05) is 48.5 Å². The van der Waals surface area contributed by atoms with E-state index in [1.54, 1.807) is 0 Å². The lowest BCUT2D eigenvalue weighted by atomic mass is 10.2. The van der Waals surface area contributed by atoms with Gasteiger partial charge in [0, 0.05) is 5.56 Å². The van der Waals surface area contributed by atoms with E-state index in [1.165, 1.54) is 16.8 Å². The molecule has 0 saturated heterocycles. The molecule has 1 heterocycles. The number of carbonyl (C=O) groups excluding carboxylic acids is 1. The van der Waals surface area contributed by atoms with Crippen LogP contribution in [-0.4, -0.2) is 11.3 Å². The van der Waals surface area contributed by atoms with Crippen LogP contribution in [0.25, 0.3) is 5.32 Å². The number of hydrogen-bond acceptors (Lipinski definition) is 3. The third kappa shape index (κ3) is 4.76. The number of anilines is 1. The molecule has 3 aromatic rings. The second-order valence-corrected chi connectivity index (χ2v) is 5.79. The minimum Gasteiger partial charge on any atom is -0.424 e. The number of benzene rings is 2. The maximum atomic E-state index is 12.7. The SMILES string of the molecule is O=C([N-]c1on[n+](Cc2ccccc2)c1Cl)Nc1cccc(C(F)(F)F)c1. The van der Waals surface area contributed by atoms with E-state index in [1.807, 2.05) is 30.3 Å².